The molecule has 1 fully saturated rings. The lowest BCUT2D eigenvalue weighted by Crippen LogP contribution is -2.29. The molecule has 2 aromatic rings. The number of hydrogen-bond donors (Lipinski definition) is 0. The van der Waals surface area contributed by atoms with E-state index in [1.807, 2.05) is 30.3 Å². The third-order valence-corrected chi connectivity index (χ3v) is 4.78. The number of rotatable bonds is 6. The molecule has 0 N–H and O–H groups in total. The van der Waals surface area contributed by atoms with Crippen molar-refractivity contribution in [3.63, 3.8) is 0 Å². The van der Waals surface area contributed by atoms with Gasteiger partial charge in [-0.05, 0) is 47.7 Å². The second-order valence-electron chi connectivity index (χ2n) is 5.54. The minimum absolute atomic E-state index is 0.114. The molecular weight excluding hydrogens is 362 g/mol. The number of carbonyl (C=O) groups is 1. The third kappa shape index (κ3) is 4.20. The number of carbonyl (C=O) groups excluding carboxylic acids is 1. The van der Waals surface area contributed by atoms with Crippen LogP contribution >= 0.6 is 11.8 Å². The second-order valence-corrected chi connectivity index (χ2v) is 6.54. The maximum Gasteiger partial charge on any atom is 0.267 e. The van der Waals surface area contributed by atoms with E-state index in [4.69, 9.17) is 9.47 Å². The first kappa shape index (κ1) is 18.7. The number of amidine groups is 1. The van der Waals surface area contributed by atoms with Gasteiger partial charge in [-0.3, -0.25) is 14.7 Å². The lowest BCUT2D eigenvalue weighted by molar-refractivity contribution is -0.121. The van der Waals surface area contributed by atoms with Gasteiger partial charge in [-0.2, -0.15) is 0 Å². The Kier molecular flexibility index (Phi) is 5.93. The highest BCUT2D eigenvalue weighted by molar-refractivity contribution is 8.18. The molecule has 1 amide bonds. The summed E-state index contributed by atoms with van der Waals surface area (Å²) in [6.07, 6.45) is 6.83. The van der Waals surface area contributed by atoms with E-state index in [9.17, 15) is 4.79 Å². The lowest BCUT2D eigenvalue weighted by Gasteiger charge is -2.12. The molecule has 3 rings (SSSR count). The van der Waals surface area contributed by atoms with E-state index in [0.29, 0.717) is 33.8 Å². The van der Waals surface area contributed by atoms with E-state index < -0.39 is 0 Å². The predicted octanol–water partition coefficient (Wildman–Crippen LogP) is 3.89. The minimum atomic E-state index is -0.114. The van der Waals surface area contributed by atoms with E-state index in [1.54, 1.807) is 43.7 Å². The maximum absolute atomic E-state index is 12.8. The zero-order valence-electron chi connectivity index (χ0n) is 15.1. The van der Waals surface area contributed by atoms with Gasteiger partial charge < -0.3 is 9.47 Å². The summed E-state index contributed by atoms with van der Waals surface area (Å²) >= 11 is 1.32. The number of amides is 1. The summed E-state index contributed by atoms with van der Waals surface area (Å²) < 4.78 is 10.6. The molecule has 2 heterocycles. The highest BCUT2D eigenvalue weighted by Gasteiger charge is 2.32. The molecule has 0 unspecified atom stereocenters. The van der Waals surface area contributed by atoms with Gasteiger partial charge in [0.15, 0.2) is 16.7 Å². The van der Waals surface area contributed by atoms with Crippen molar-refractivity contribution in [2.45, 2.75) is 0 Å². The number of thioether (sulfide) groups is 1. The molecule has 1 aromatic heterocycles. The SMILES string of the molecule is C=CCN1C(=O)/C(=C/c2ccc(OC)c(OC)c2)SC1=Nc1cccnc1. The Bertz CT molecular complexity index is 910. The molecule has 0 atom stereocenters. The average Bonchev–Trinajstić information content (AvgIpc) is 2.97. The number of methoxy groups -OCH3 is 2. The highest BCUT2D eigenvalue weighted by Crippen LogP contribution is 2.35. The monoisotopic (exact) mass is 381 g/mol. The fourth-order valence-corrected chi connectivity index (χ4v) is 3.51. The van der Waals surface area contributed by atoms with Crippen molar-refractivity contribution in [3.05, 3.63) is 65.8 Å². The van der Waals surface area contributed by atoms with Crippen LogP contribution in [0.1, 0.15) is 5.56 Å². The summed E-state index contributed by atoms with van der Waals surface area (Å²) in [5, 5.41) is 0.597. The van der Waals surface area contributed by atoms with Crippen LogP contribution in [0.3, 0.4) is 0 Å². The van der Waals surface area contributed by atoms with E-state index in [2.05, 4.69) is 16.6 Å². The van der Waals surface area contributed by atoms with Crippen LogP contribution in [0.25, 0.3) is 6.08 Å². The molecule has 1 aliphatic heterocycles. The molecule has 1 saturated heterocycles. The molecule has 0 saturated carbocycles. The molecule has 6 nitrogen and oxygen atoms in total. The predicted molar refractivity (Wildman–Crippen MR) is 108 cm³/mol. The van der Waals surface area contributed by atoms with E-state index in [0.717, 1.165) is 5.56 Å². The van der Waals surface area contributed by atoms with Gasteiger partial charge >= 0.3 is 0 Å². The molecule has 138 valence electrons. The maximum atomic E-state index is 12.8. The van der Waals surface area contributed by atoms with Crippen LogP contribution in [0.5, 0.6) is 11.5 Å². The summed E-state index contributed by atoms with van der Waals surface area (Å²) in [4.78, 5) is 23.6. The van der Waals surface area contributed by atoms with Crippen molar-refractivity contribution >= 4 is 34.6 Å². The summed E-state index contributed by atoms with van der Waals surface area (Å²) in [5.41, 5.74) is 1.53. The number of hydrogen-bond acceptors (Lipinski definition) is 6. The summed E-state index contributed by atoms with van der Waals surface area (Å²) in [6.45, 7) is 4.11. The van der Waals surface area contributed by atoms with Crippen molar-refractivity contribution in [2.75, 3.05) is 20.8 Å². The smallest absolute Gasteiger partial charge is 0.267 e. The second kappa shape index (κ2) is 8.55. The Morgan fingerprint density at radius 3 is 2.74 bits per heavy atom. The van der Waals surface area contributed by atoms with Gasteiger partial charge in [0.2, 0.25) is 0 Å². The van der Waals surface area contributed by atoms with Crippen molar-refractivity contribution < 1.29 is 14.3 Å². The highest BCUT2D eigenvalue weighted by atomic mass is 32.2. The molecule has 0 aliphatic carbocycles. The molecule has 0 bridgehead atoms. The zero-order chi connectivity index (χ0) is 19.2. The number of aliphatic imine (C=N–C) groups is 1. The number of ether oxygens (including phenoxy) is 2. The quantitative estimate of drug-likeness (QED) is 0.561. The number of nitrogens with zero attached hydrogens (tertiary/aromatic N) is 3. The lowest BCUT2D eigenvalue weighted by atomic mass is 10.2. The van der Waals surface area contributed by atoms with Crippen LogP contribution in [0.4, 0.5) is 5.69 Å². The number of benzene rings is 1. The van der Waals surface area contributed by atoms with Gasteiger partial charge in [-0.1, -0.05) is 12.1 Å². The Morgan fingerprint density at radius 2 is 2.07 bits per heavy atom. The fourth-order valence-electron chi connectivity index (χ4n) is 2.51. The first-order chi connectivity index (χ1) is 13.2. The van der Waals surface area contributed by atoms with Crippen LogP contribution < -0.4 is 9.47 Å². The first-order valence-corrected chi connectivity index (χ1v) is 9.01. The van der Waals surface area contributed by atoms with Gasteiger partial charge in [-0.25, -0.2) is 4.99 Å². The Hall–Kier alpha value is -3.06. The third-order valence-electron chi connectivity index (χ3n) is 3.78. The molecule has 0 spiro atoms. The van der Waals surface area contributed by atoms with Gasteiger partial charge in [0.25, 0.3) is 5.91 Å². The summed E-state index contributed by atoms with van der Waals surface area (Å²) in [7, 11) is 3.16. The Morgan fingerprint density at radius 1 is 1.26 bits per heavy atom. The van der Waals surface area contributed by atoms with E-state index in [-0.39, 0.29) is 5.91 Å². The largest absolute Gasteiger partial charge is 0.493 e. The van der Waals surface area contributed by atoms with E-state index >= 15 is 0 Å². The number of aromatic nitrogens is 1. The molecule has 7 heteroatoms. The first-order valence-electron chi connectivity index (χ1n) is 8.19. The van der Waals surface area contributed by atoms with Crippen molar-refractivity contribution in [1.29, 1.82) is 0 Å². The normalized spacial score (nSPS) is 16.8. The fraction of sp³-hybridized carbons (Fsp3) is 0.150. The van der Waals surface area contributed by atoms with Gasteiger partial charge in [-0.15, -0.1) is 6.58 Å². The minimum Gasteiger partial charge on any atom is -0.493 e. The summed E-state index contributed by atoms with van der Waals surface area (Å²) in [6, 6.07) is 9.15. The molecule has 1 aliphatic rings. The summed E-state index contributed by atoms with van der Waals surface area (Å²) in [5.74, 6) is 1.13. The Labute approximate surface area is 162 Å². The standard InChI is InChI=1S/C20H19N3O3S/c1-4-10-23-19(24)18(27-20(23)22-15-6-5-9-21-13-15)12-14-7-8-16(25-2)17(11-14)26-3/h4-9,11-13H,1,10H2,2-3H3/b18-12-,22-20?. The van der Waals surface area contributed by atoms with Gasteiger partial charge in [0.05, 0.1) is 31.0 Å². The van der Waals surface area contributed by atoms with Crippen LogP contribution in [-0.2, 0) is 4.79 Å². The van der Waals surface area contributed by atoms with Crippen molar-refractivity contribution in [2.24, 2.45) is 4.99 Å². The Balaban J connectivity index is 1.94. The zero-order valence-corrected chi connectivity index (χ0v) is 15.9. The molecule has 27 heavy (non-hydrogen) atoms. The van der Waals surface area contributed by atoms with Crippen LogP contribution in [0.15, 0.2) is 65.3 Å². The van der Waals surface area contributed by atoms with Crippen molar-refractivity contribution in [1.82, 2.24) is 9.88 Å². The van der Waals surface area contributed by atoms with Crippen LogP contribution in [0.2, 0.25) is 0 Å². The van der Waals surface area contributed by atoms with Crippen LogP contribution in [-0.4, -0.2) is 41.7 Å². The van der Waals surface area contributed by atoms with Gasteiger partial charge in [0, 0.05) is 12.7 Å². The van der Waals surface area contributed by atoms with Crippen molar-refractivity contribution in [3.8, 4) is 11.5 Å². The number of pyridine rings is 1. The molecule has 1 aromatic carbocycles. The molecular formula is C20H19N3O3S. The van der Waals surface area contributed by atoms with Gasteiger partial charge in [0.1, 0.15) is 0 Å². The average molecular weight is 381 g/mol. The van der Waals surface area contributed by atoms with Crippen LogP contribution in [0, 0.1) is 0 Å². The molecule has 0 radical (unpaired) electrons. The topological polar surface area (TPSA) is 64.0 Å². The van der Waals surface area contributed by atoms with E-state index in [1.165, 1.54) is 11.8 Å².